The fourth-order valence-electron chi connectivity index (χ4n) is 1.31. The summed E-state index contributed by atoms with van der Waals surface area (Å²) in [5, 5.41) is 23.4. The SMILES string of the molecule is Cc1c([N+](=O)[O-])cnc(NCC(O)C(C)C)c1Br. The molecule has 2 N–H and O–H groups in total. The smallest absolute Gasteiger partial charge is 0.291 e. The molecule has 0 fully saturated rings. The van der Waals surface area contributed by atoms with Gasteiger partial charge >= 0.3 is 0 Å². The second kappa shape index (κ2) is 6.10. The molecule has 100 valence electrons. The fourth-order valence-corrected chi connectivity index (χ4v) is 1.76. The van der Waals surface area contributed by atoms with Crippen molar-refractivity contribution in [3.63, 3.8) is 0 Å². The maximum atomic E-state index is 10.7. The maximum absolute atomic E-state index is 10.7. The minimum atomic E-state index is -0.491. The average Bonchev–Trinajstić information content (AvgIpc) is 2.30. The first kappa shape index (κ1) is 14.8. The van der Waals surface area contributed by atoms with Crippen molar-refractivity contribution in [3.8, 4) is 0 Å². The lowest BCUT2D eigenvalue weighted by Gasteiger charge is -2.16. The molecule has 1 unspecified atom stereocenters. The van der Waals surface area contributed by atoms with Gasteiger partial charge in [0.25, 0.3) is 5.69 Å². The van der Waals surface area contributed by atoms with Crippen LogP contribution in [0.1, 0.15) is 19.4 Å². The largest absolute Gasteiger partial charge is 0.391 e. The highest BCUT2D eigenvalue weighted by atomic mass is 79.9. The highest BCUT2D eigenvalue weighted by molar-refractivity contribution is 9.10. The van der Waals surface area contributed by atoms with Gasteiger partial charge in [0.2, 0.25) is 0 Å². The number of aliphatic hydroxyl groups excluding tert-OH is 1. The molecule has 0 bridgehead atoms. The van der Waals surface area contributed by atoms with Gasteiger partial charge < -0.3 is 10.4 Å². The van der Waals surface area contributed by atoms with Crippen LogP contribution in [0, 0.1) is 23.0 Å². The number of pyridine rings is 1. The molecule has 0 aliphatic rings. The molecule has 0 aromatic carbocycles. The topological polar surface area (TPSA) is 88.3 Å². The van der Waals surface area contributed by atoms with Gasteiger partial charge in [0.05, 0.1) is 15.5 Å². The average molecular weight is 318 g/mol. The lowest BCUT2D eigenvalue weighted by molar-refractivity contribution is -0.385. The Morgan fingerprint density at radius 2 is 2.22 bits per heavy atom. The van der Waals surface area contributed by atoms with E-state index in [-0.39, 0.29) is 11.6 Å². The molecule has 7 heteroatoms. The van der Waals surface area contributed by atoms with Gasteiger partial charge in [-0.15, -0.1) is 0 Å². The number of hydrogen-bond donors (Lipinski definition) is 2. The van der Waals surface area contributed by atoms with E-state index in [1.807, 2.05) is 13.8 Å². The molecule has 18 heavy (non-hydrogen) atoms. The van der Waals surface area contributed by atoms with E-state index in [2.05, 4.69) is 26.2 Å². The number of hydrogen-bond acceptors (Lipinski definition) is 5. The summed E-state index contributed by atoms with van der Waals surface area (Å²) < 4.78 is 0.549. The van der Waals surface area contributed by atoms with Gasteiger partial charge in [0.15, 0.2) is 0 Å². The minimum absolute atomic E-state index is 0.0307. The van der Waals surface area contributed by atoms with Crippen molar-refractivity contribution in [2.75, 3.05) is 11.9 Å². The Balaban J connectivity index is 2.86. The van der Waals surface area contributed by atoms with Gasteiger partial charge in [0, 0.05) is 12.1 Å². The van der Waals surface area contributed by atoms with Crippen molar-refractivity contribution in [3.05, 3.63) is 26.3 Å². The predicted molar refractivity (Wildman–Crippen MR) is 72.7 cm³/mol. The minimum Gasteiger partial charge on any atom is -0.391 e. The summed E-state index contributed by atoms with van der Waals surface area (Å²) in [5.74, 6) is 0.633. The molecule has 0 amide bonds. The van der Waals surface area contributed by atoms with Crippen LogP contribution in [0.4, 0.5) is 11.5 Å². The van der Waals surface area contributed by atoms with E-state index in [4.69, 9.17) is 0 Å². The molecule has 1 heterocycles. The zero-order valence-corrected chi connectivity index (χ0v) is 12.1. The van der Waals surface area contributed by atoms with Gasteiger partial charge in [-0.05, 0) is 28.8 Å². The standard InChI is InChI=1S/C11H16BrN3O3/c1-6(2)9(16)5-14-11-10(12)7(3)8(4-13-11)15(17)18/h4,6,9,16H,5H2,1-3H3,(H,13,14). The van der Waals surface area contributed by atoms with Gasteiger partial charge in [-0.25, -0.2) is 4.98 Å². The fraction of sp³-hybridized carbons (Fsp3) is 0.545. The zero-order chi connectivity index (χ0) is 13.9. The van der Waals surface area contributed by atoms with Gasteiger partial charge in [-0.1, -0.05) is 13.8 Å². The first-order chi connectivity index (χ1) is 8.34. The van der Waals surface area contributed by atoms with Gasteiger partial charge in [-0.3, -0.25) is 10.1 Å². The molecule has 0 aliphatic carbocycles. The van der Waals surface area contributed by atoms with E-state index < -0.39 is 11.0 Å². The Hall–Kier alpha value is -1.21. The third-order valence-corrected chi connectivity index (χ3v) is 3.65. The van der Waals surface area contributed by atoms with Crippen LogP contribution in [0.15, 0.2) is 10.7 Å². The van der Waals surface area contributed by atoms with E-state index >= 15 is 0 Å². The van der Waals surface area contributed by atoms with Crippen molar-refractivity contribution in [1.82, 2.24) is 4.98 Å². The Kier molecular flexibility index (Phi) is 5.03. The highest BCUT2D eigenvalue weighted by Gasteiger charge is 2.18. The Morgan fingerprint density at radius 3 is 2.72 bits per heavy atom. The van der Waals surface area contributed by atoms with E-state index in [1.165, 1.54) is 6.20 Å². The van der Waals surface area contributed by atoms with Crippen LogP contribution in [0.3, 0.4) is 0 Å². The van der Waals surface area contributed by atoms with Crippen LogP contribution in [0.2, 0.25) is 0 Å². The first-order valence-corrected chi connectivity index (χ1v) is 6.35. The molecule has 1 rings (SSSR count). The molecule has 0 saturated heterocycles. The lowest BCUT2D eigenvalue weighted by atomic mass is 10.1. The van der Waals surface area contributed by atoms with Crippen LogP contribution < -0.4 is 5.32 Å². The molecule has 1 aromatic rings. The number of nitrogens with zero attached hydrogens (tertiary/aromatic N) is 2. The molecular weight excluding hydrogens is 302 g/mol. The predicted octanol–water partition coefficient (Wildman–Crippen LogP) is 2.49. The number of aromatic nitrogens is 1. The van der Waals surface area contributed by atoms with Gasteiger partial charge in [0.1, 0.15) is 12.0 Å². The van der Waals surface area contributed by atoms with Crippen molar-refractivity contribution in [2.45, 2.75) is 26.9 Å². The third kappa shape index (κ3) is 3.39. The number of rotatable bonds is 5. The number of halogens is 1. The Bertz CT molecular complexity index is 451. The summed E-state index contributed by atoms with van der Waals surface area (Å²) in [7, 11) is 0. The summed E-state index contributed by atoms with van der Waals surface area (Å²) in [6.45, 7) is 5.82. The summed E-state index contributed by atoms with van der Waals surface area (Å²) >= 11 is 3.28. The number of nitrogens with one attached hydrogen (secondary N) is 1. The Labute approximate surface area is 114 Å². The van der Waals surface area contributed by atoms with Crippen LogP contribution >= 0.6 is 15.9 Å². The molecular formula is C11H16BrN3O3. The zero-order valence-electron chi connectivity index (χ0n) is 10.5. The molecule has 1 aromatic heterocycles. The molecule has 0 saturated carbocycles. The van der Waals surface area contributed by atoms with E-state index in [1.54, 1.807) is 6.92 Å². The van der Waals surface area contributed by atoms with Crippen LogP contribution in [-0.4, -0.2) is 27.7 Å². The summed E-state index contributed by atoms with van der Waals surface area (Å²) in [4.78, 5) is 14.2. The summed E-state index contributed by atoms with van der Waals surface area (Å²) in [6, 6.07) is 0. The van der Waals surface area contributed by atoms with E-state index in [9.17, 15) is 15.2 Å². The molecule has 1 atom stereocenters. The van der Waals surface area contributed by atoms with E-state index in [0.29, 0.717) is 22.4 Å². The summed E-state index contributed by atoms with van der Waals surface area (Å²) in [6.07, 6.45) is 0.721. The second-order valence-corrected chi connectivity index (χ2v) is 5.17. The maximum Gasteiger partial charge on any atom is 0.291 e. The van der Waals surface area contributed by atoms with Gasteiger partial charge in [-0.2, -0.15) is 0 Å². The second-order valence-electron chi connectivity index (χ2n) is 4.38. The van der Waals surface area contributed by atoms with Crippen LogP contribution in [-0.2, 0) is 0 Å². The highest BCUT2D eigenvalue weighted by Crippen LogP contribution is 2.30. The monoisotopic (exact) mass is 317 g/mol. The molecule has 0 spiro atoms. The van der Waals surface area contributed by atoms with Crippen molar-refractivity contribution < 1.29 is 10.0 Å². The van der Waals surface area contributed by atoms with Crippen molar-refractivity contribution in [2.24, 2.45) is 5.92 Å². The summed E-state index contributed by atoms with van der Waals surface area (Å²) in [5.41, 5.74) is 0.480. The van der Waals surface area contributed by atoms with Crippen LogP contribution in [0.5, 0.6) is 0 Å². The van der Waals surface area contributed by atoms with E-state index in [0.717, 1.165) is 0 Å². The van der Waals surface area contributed by atoms with Crippen LogP contribution in [0.25, 0.3) is 0 Å². The number of anilines is 1. The normalized spacial score (nSPS) is 12.6. The Morgan fingerprint density at radius 1 is 1.61 bits per heavy atom. The number of nitro groups is 1. The number of aliphatic hydroxyl groups is 1. The van der Waals surface area contributed by atoms with Crippen molar-refractivity contribution >= 4 is 27.4 Å². The van der Waals surface area contributed by atoms with Crippen molar-refractivity contribution in [1.29, 1.82) is 0 Å². The third-order valence-electron chi connectivity index (χ3n) is 2.68. The first-order valence-electron chi connectivity index (χ1n) is 5.56. The molecule has 6 nitrogen and oxygen atoms in total. The lowest BCUT2D eigenvalue weighted by Crippen LogP contribution is -2.25. The molecule has 0 radical (unpaired) electrons. The molecule has 0 aliphatic heterocycles. The quantitative estimate of drug-likeness (QED) is 0.643.